The summed E-state index contributed by atoms with van der Waals surface area (Å²) >= 11 is 1.68. The molecule has 1 aliphatic rings. The molecule has 0 radical (unpaired) electrons. The van der Waals surface area contributed by atoms with E-state index in [1.165, 1.54) is 28.0 Å². The number of ether oxygens (including phenoxy) is 2. The molecule has 0 saturated carbocycles. The molecule has 4 rings (SSSR count). The zero-order chi connectivity index (χ0) is 25.7. The summed E-state index contributed by atoms with van der Waals surface area (Å²) in [6.07, 6.45) is 0.760. The van der Waals surface area contributed by atoms with Crippen molar-refractivity contribution in [1.29, 1.82) is 0 Å². The van der Waals surface area contributed by atoms with Crippen LogP contribution in [0.2, 0.25) is 0 Å². The van der Waals surface area contributed by atoms with E-state index in [0.717, 1.165) is 12.0 Å². The predicted octanol–water partition coefficient (Wildman–Crippen LogP) is 5.20. The van der Waals surface area contributed by atoms with Gasteiger partial charge in [-0.25, -0.2) is 4.39 Å². The number of methoxy groups -OCH3 is 1. The van der Waals surface area contributed by atoms with Crippen LogP contribution in [0.4, 0.5) is 4.39 Å². The van der Waals surface area contributed by atoms with Gasteiger partial charge in [-0.05, 0) is 59.7 Å². The molecule has 8 heteroatoms. The Labute approximate surface area is 215 Å². The molecule has 3 aromatic rings. The smallest absolute Gasteiger partial charge is 0.254 e. The number of fused-ring (bicyclic) bond motifs is 1. The van der Waals surface area contributed by atoms with Gasteiger partial charge in [0.05, 0.1) is 13.2 Å². The van der Waals surface area contributed by atoms with Crippen LogP contribution in [-0.4, -0.2) is 55.0 Å². The fraction of sp³-hybridized carbons (Fsp3) is 0.357. The van der Waals surface area contributed by atoms with Crippen LogP contribution >= 0.6 is 11.3 Å². The highest BCUT2D eigenvalue weighted by atomic mass is 32.1. The Balaban J connectivity index is 1.54. The zero-order valence-corrected chi connectivity index (χ0v) is 21.6. The second-order valence-corrected chi connectivity index (χ2v) is 10.2. The maximum absolute atomic E-state index is 13.8. The molecule has 6 nitrogen and oxygen atoms in total. The molecule has 36 heavy (non-hydrogen) atoms. The van der Waals surface area contributed by atoms with Gasteiger partial charge in [0.2, 0.25) is 5.91 Å². The third kappa shape index (κ3) is 6.05. The molecule has 0 saturated heterocycles. The molecule has 0 aliphatic carbocycles. The molecule has 190 valence electrons. The van der Waals surface area contributed by atoms with Crippen molar-refractivity contribution in [3.05, 3.63) is 81.8 Å². The maximum Gasteiger partial charge on any atom is 0.254 e. The average Bonchev–Trinajstić information content (AvgIpc) is 3.35. The number of carbonyl (C=O) groups excluding carboxylic acids is 2. The summed E-state index contributed by atoms with van der Waals surface area (Å²) < 4.78 is 25.2. The van der Waals surface area contributed by atoms with Crippen LogP contribution in [0.5, 0.6) is 11.5 Å². The number of halogens is 1. The Morgan fingerprint density at radius 2 is 1.92 bits per heavy atom. The Hall–Kier alpha value is -3.39. The van der Waals surface area contributed by atoms with Crippen LogP contribution in [0.1, 0.15) is 40.7 Å². The lowest BCUT2D eigenvalue weighted by Gasteiger charge is -2.37. The third-order valence-corrected chi connectivity index (χ3v) is 7.13. The lowest BCUT2D eigenvalue weighted by atomic mass is 10.00. The van der Waals surface area contributed by atoms with Gasteiger partial charge in [-0.3, -0.25) is 9.59 Å². The second kappa shape index (κ2) is 11.6. The van der Waals surface area contributed by atoms with Crippen molar-refractivity contribution in [2.75, 3.05) is 33.4 Å². The van der Waals surface area contributed by atoms with Gasteiger partial charge in [0.1, 0.15) is 30.5 Å². The van der Waals surface area contributed by atoms with Gasteiger partial charge in [-0.15, -0.1) is 11.3 Å². The minimum absolute atomic E-state index is 0.0807. The Morgan fingerprint density at radius 1 is 1.14 bits per heavy atom. The first kappa shape index (κ1) is 25.7. The molecule has 1 aliphatic heterocycles. The molecule has 0 fully saturated rings. The van der Waals surface area contributed by atoms with E-state index in [0.29, 0.717) is 24.6 Å². The first-order valence-corrected chi connectivity index (χ1v) is 12.9. The Kier molecular flexibility index (Phi) is 8.25. The average molecular weight is 511 g/mol. The van der Waals surface area contributed by atoms with Crippen LogP contribution in [0.15, 0.2) is 60.0 Å². The third-order valence-electron chi connectivity index (χ3n) is 6.13. The number of hydrogen-bond acceptors (Lipinski definition) is 5. The molecule has 2 amide bonds. The molecule has 1 atom stereocenters. The molecule has 1 aromatic heterocycles. The minimum atomic E-state index is -0.479. The van der Waals surface area contributed by atoms with Gasteiger partial charge >= 0.3 is 0 Å². The number of amides is 2. The van der Waals surface area contributed by atoms with Crippen molar-refractivity contribution < 1.29 is 23.5 Å². The van der Waals surface area contributed by atoms with Crippen molar-refractivity contribution in [2.45, 2.75) is 26.3 Å². The summed E-state index contributed by atoms with van der Waals surface area (Å²) in [7, 11) is 1.60. The lowest BCUT2D eigenvalue weighted by Crippen LogP contribution is -2.48. The first-order valence-electron chi connectivity index (χ1n) is 12.0. The summed E-state index contributed by atoms with van der Waals surface area (Å²) in [5.74, 6) is 0.512. The van der Waals surface area contributed by atoms with Crippen molar-refractivity contribution in [3.8, 4) is 11.5 Å². The summed E-state index contributed by atoms with van der Waals surface area (Å²) in [5.41, 5.74) is 1.31. The van der Waals surface area contributed by atoms with E-state index in [1.54, 1.807) is 29.4 Å². The standard InChI is InChI=1S/C28H31FN2O4S/c1-19(2)16-30(28(33)20-6-4-7-21(29)14-20)17-27(32)31-12-10-26-24(11-13-36-26)25(31)18-35-23-9-5-8-22(15-23)34-3/h4-9,11,13-15,19,25H,10,12,16-18H2,1-3H3/t25-/m1/s1. The molecule has 0 N–H and O–H groups in total. The molecule has 0 spiro atoms. The number of hydrogen-bond donors (Lipinski definition) is 0. The normalized spacial score (nSPS) is 14.9. The van der Waals surface area contributed by atoms with E-state index >= 15 is 0 Å². The molecule has 0 bridgehead atoms. The van der Waals surface area contributed by atoms with Crippen molar-refractivity contribution in [3.63, 3.8) is 0 Å². The van der Waals surface area contributed by atoms with Crippen LogP contribution in [0.25, 0.3) is 0 Å². The van der Waals surface area contributed by atoms with Crippen molar-refractivity contribution in [1.82, 2.24) is 9.80 Å². The molecular weight excluding hydrogens is 479 g/mol. The topological polar surface area (TPSA) is 59.1 Å². The van der Waals surface area contributed by atoms with Crippen LogP contribution in [0.3, 0.4) is 0 Å². The van der Waals surface area contributed by atoms with Crippen molar-refractivity contribution in [2.24, 2.45) is 5.92 Å². The zero-order valence-electron chi connectivity index (χ0n) is 20.8. The maximum atomic E-state index is 13.8. The highest BCUT2D eigenvalue weighted by Gasteiger charge is 2.34. The summed E-state index contributed by atoms with van der Waals surface area (Å²) in [6.45, 7) is 5.11. The van der Waals surface area contributed by atoms with Crippen LogP contribution in [0, 0.1) is 11.7 Å². The Morgan fingerprint density at radius 3 is 2.67 bits per heavy atom. The van der Waals surface area contributed by atoms with Gasteiger partial charge in [-0.2, -0.15) is 0 Å². The predicted molar refractivity (Wildman–Crippen MR) is 138 cm³/mol. The van der Waals surface area contributed by atoms with E-state index in [4.69, 9.17) is 9.47 Å². The lowest BCUT2D eigenvalue weighted by molar-refractivity contribution is -0.135. The largest absolute Gasteiger partial charge is 0.497 e. The van der Waals surface area contributed by atoms with E-state index in [1.807, 2.05) is 49.6 Å². The Bertz CT molecular complexity index is 1210. The number of rotatable bonds is 9. The fourth-order valence-electron chi connectivity index (χ4n) is 4.46. The fourth-order valence-corrected chi connectivity index (χ4v) is 5.39. The quantitative estimate of drug-likeness (QED) is 0.397. The van der Waals surface area contributed by atoms with Crippen LogP contribution in [-0.2, 0) is 11.2 Å². The van der Waals surface area contributed by atoms with E-state index < -0.39 is 5.82 Å². The van der Waals surface area contributed by atoms with E-state index in [9.17, 15) is 14.0 Å². The van der Waals surface area contributed by atoms with Crippen molar-refractivity contribution >= 4 is 23.2 Å². The number of nitrogens with zero attached hydrogens (tertiary/aromatic N) is 2. The van der Waals surface area contributed by atoms with E-state index in [-0.39, 0.29) is 42.5 Å². The highest BCUT2D eigenvalue weighted by Crippen LogP contribution is 2.34. The van der Waals surface area contributed by atoms with Gasteiger partial charge < -0.3 is 19.3 Å². The van der Waals surface area contributed by atoms with Gasteiger partial charge in [0, 0.05) is 29.6 Å². The number of carbonyl (C=O) groups is 2. The monoisotopic (exact) mass is 510 g/mol. The summed E-state index contributed by atoms with van der Waals surface area (Å²) in [6, 6.07) is 14.7. The molecular formula is C28H31FN2O4S. The van der Waals surface area contributed by atoms with Gasteiger partial charge in [0.15, 0.2) is 0 Å². The van der Waals surface area contributed by atoms with Gasteiger partial charge in [0.25, 0.3) is 5.91 Å². The minimum Gasteiger partial charge on any atom is -0.497 e. The highest BCUT2D eigenvalue weighted by molar-refractivity contribution is 7.10. The summed E-state index contributed by atoms with van der Waals surface area (Å²) in [4.78, 5) is 31.4. The number of thiophene rings is 1. The molecule has 2 heterocycles. The first-order chi connectivity index (χ1) is 17.4. The van der Waals surface area contributed by atoms with Gasteiger partial charge in [-0.1, -0.05) is 26.0 Å². The molecule has 0 unspecified atom stereocenters. The SMILES string of the molecule is COc1cccc(OC[C@@H]2c3ccsc3CCN2C(=O)CN(CC(C)C)C(=O)c2cccc(F)c2)c1. The van der Waals surface area contributed by atoms with Crippen LogP contribution < -0.4 is 9.47 Å². The number of benzene rings is 2. The summed E-state index contributed by atoms with van der Waals surface area (Å²) in [5, 5.41) is 2.04. The second-order valence-electron chi connectivity index (χ2n) is 9.23. The van der Waals surface area contributed by atoms with E-state index in [2.05, 4.69) is 0 Å². The molecule has 2 aromatic carbocycles.